The third-order valence-corrected chi connectivity index (χ3v) is 7.30. The molecule has 7 nitrogen and oxygen atoms in total. The number of sulfone groups is 1. The molecule has 0 aliphatic rings. The van der Waals surface area contributed by atoms with Crippen LogP contribution in [0.1, 0.15) is 38.0 Å². The number of carbonyl (C=O) groups excluding carboxylic acids is 1. The van der Waals surface area contributed by atoms with Crippen molar-refractivity contribution < 1.29 is 17.6 Å². The Bertz CT molecular complexity index is 1130. The highest BCUT2D eigenvalue weighted by atomic mass is 32.2. The lowest BCUT2D eigenvalue weighted by Crippen LogP contribution is -2.14. The van der Waals surface area contributed by atoms with Gasteiger partial charge in [0, 0.05) is 11.7 Å². The quantitative estimate of drug-likeness (QED) is 0.519. The number of amides is 1. The Balaban J connectivity index is 1.52. The van der Waals surface area contributed by atoms with Crippen LogP contribution < -0.4 is 5.32 Å². The largest absolute Gasteiger partial charge is 0.444 e. The molecule has 160 valence electrons. The van der Waals surface area contributed by atoms with E-state index in [-0.39, 0.29) is 22.6 Å². The van der Waals surface area contributed by atoms with Crippen LogP contribution in [0.2, 0.25) is 0 Å². The summed E-state index contributed by atoms with van der Waals surface area (Å²) in [5.74, 6) is 1.87. The Morgan fingerprint density at radius 1 is 1.17 bits per heavy atom. The third kappa shape index (κ3) is 6.16. The molecule has 3 aromatic rings. The fraction of sp³-hybridized carbons (Fsp3) is 0.350. The highest BCUT2D eigenvalue weighted by Crippen LogP contribution is 2.31. The maximum atomic E-state index is 12.3. The van der Waals surface area contributed by atoms with E-state index in [9.17, 15) is 13.2 Å². The number of aromatic nitrogens is 2. The number of hydrogen-bond acceptors (Lipinski definition) is 8. The van der Waals surface area contributed by atoms with E-state index in [2.05, 4.69) is 36.1 Å². The summed E-state index contributed by atoms with van der Waals surface area (Å²) in [4.78, 5) is 21.0. The van der Waals surface area contributed by atoms with Gasteiger partial charge in [-0.15, -0.1) is 11.8 Å². The predicted molar refractivity (Wildman–Crippen MR) is 119 cm³/mol. The van der Waals surface area contributed by atoms with Gasteiger partial charge in [-0.2, -0.15) is 0 Å². The van der Waals surface area contributed by atoms with Gasteiger partial charge in [-0.05, 0) is 17.7 Å². The Hall–Kier alpha value is -2.17. The SMILES string of the molecule is CC(C)(C)c1cnc(CSc2cnc(NC(=O)Cc3ccc(S(C)(=O)=O)cc3)s2)o1. The predicted octanol–water partition coefficient (Wildman–Crippen LogP) is 4.31. The second kappa shape index (κ2) is 8.91. The molecule has 2 aromatic heterocycles. The topological polar surface area (TPSA) is 102 Å². The summed E-state index contributed by atoms with van der Waals surface area (Å²) in [5.41, 5.74) is 0.646. The monoisotopic (exact) mass is 465 g/mol. The first-order valence-electron chi connectivity index (χ1n) is 9.13. The van der Waals surface area contributed by atoms with Gasteiger partial charge in [0.05, 0.1) is 33.7 Å². The summed E-state index contributed by atoms with van der Waals surface area (Å²) >= 11 is 2.93. The van der Waals surface area contributed by atoms with Gasteiger partial charge in [0.1, 0.15) is 5.76 Å². The first-order valence-corrected chi connectivity index (χ1v) is 12.8. The lowest BCUT2D eigenvalue weighted by atomic mass is 9.94. The molecule has 0 radical (unpaired) electrons. The second-order valence-corrected chi connectivity index (χ2v) is 12.1. The first-order chi connectivity index (χ1) is 14.0. The molecule has 1 amide bonds. The van der Waals surface area contributed by atoms with Gasteiger partial charge in [-0.1, -0.05) is 44.2 Å². The molecule has 0 saturated carbocycles. The van der Waals surface area contributed by atoms with Crippen molar-refractivity contribution in [1.29, 1.82) is 0 Å². The van der Waals surface area contributed by atoms with Crippen LogP contribution in [0.3, 0.4) is 0 Å². The summed E-state index contributed by atoms with van der Waals surface area (Å²) in [6, 6.07) is 6.29. The summed E-state index contributed by atoms with van der Waals surface area (Å²) in [5, 5.41) is 3.29. The number of carbonyl (C=O) groups is 1. The maximum Gasteiger partial charge on any atom is 0.230 e. The van der Waals surface area contributed by atoms with Crippen molar-refractivity contribution in [2.45, 2.75) is 47.5 Å². The number of thioether (sulfide) groups is 1. The number of hydrogen-bond donors (Lipinski definition) is 1. The molecule has 0 aliphatic heterocycles. The zero-order valence-corrected chi connectivity index (χ0v) is 19.6. The van der Waals surface area contributed by atoms with Gasteiger partial charge in [0.2, 0.25) is 11.8 Å². The third-order valence-electron chi connectivity index (χ3n) is 4.08. The molecule has 0 spiro atoms. The molecular formula is C20H23N3O4S3. The van der Waals surface area contributed by atoms with Gasteiger partial charge < -0.3 is 9.73 Å². The summed E-state index contributed by atoms with van der Waals surface area (Å²) in [7, 11) is -3.25. The lowest BCUT2D eigenvalue weighted by Gasteiger charge is -2.12. The number of thiazole rings is 1. The number of oxazole rings is 1. The van der Waals surface area contributed by atoms with Crippen LogP contribution in [0.15, 0.2) is 50.2 Å². The van der Waals surface area contributed by atoms with E-state index in [0.717, 1.165) is 21.8 Å². The standard InChI is InChI=1S/C20H23N3O4S3/c1-20(2,3)15-10-21-17(27-15)12-28-18-11-22-19(29-18)23-16(24)9-13-5-7-14(8-6-13)30(4,25)26/h5-8,10-11H,9,12H2,1-4H3,(H,22,23,24). The van der Waals surface area contributed by atoms with Gasteiger partial charge in [-0.25, -0.2) is 18.4 Å². The van der Waals surface area contributed by atoms with E-state index in [0.29, 0.717) is 16.8 Å². The van der Waals surface area contributed by atoms with Crippen LogP contribution in [0.5, 0.6) is 0 Å². The Labute approximate surface area is 184 Å². The minimum absolute atomic E-state index is 0.0804. The Morgan fingerprint density at radius 3 is 2.47 bits per heavy atom. The van der Waals surface area contributed by atoms with Crippen molar-refractivity contribution in [1.82, 2.24) is 9.97 Å². The molecule has 30 heavy (non-hydrogen) atoms. The van der Waals surface area contributed by atoms with Crippen LogP contribution in [0.4, 0.5) is 5.13 Å². The molecular weight excluding hydrogens is 442 g/mol. The molecule has 0 fully saturated rings. The fourth-order valence-electron chi connectivity index (χ4n) is 2.44. The van der Waals surface area contributed by atoms with Crippen LogP contribution in [0, 0.1) is 0 Å². The van der Waals surface area contributed by atoms with Crippen molar-refractivity contribution in [3.05, 3.63) is 53.9 Å². The van der Waals surface area contributed by atoms with E-state index in [1.54, 1.807) is 36.3 Å². The molecule has 0 aliphatic carbocycles. The summed E-state index contributed by atoms with van der Waals surface area (Å²) < 4.78 is 29.7. The van der Waals surface area contributed by atoms with E-state index in [1.807, 2.05) is 0 Å². The van der Waals surface area contributed by atoms with Crippen molar-refractivity contribution in [3.63, 3.8) is 0 Å². The maximum absolute atomic E-state index is 12.3. The average molecular weight is 466 g/mol. The zero-order chi connectivity index (χ0) is 21.9. The molecule has 10 heteroatoms. The highest BCUT2D eigenvalue weighted by Gasteiger charge is 2.19. The van der Waals surface area contributed by atoms with Crippen LogP contribution in [0.25, 0.3) is 0 Å². The normalized spacial score (nSPS) is 12.1. The summed E-state index contributed by atoms with van der Waals surface area (Å²) in [6.07, 6.45) is 4.76. The molecule has 0 atom stereocenters. The fourth-order valence-corrected chi connectivity index (χ4v) is 4.82. The number of nitrogens with one attached hydrogen (secondary N) is 1. The van der Waals surface area contributed by atoms with Gasteiger partial charge in [-0.3, -0.25) is 4.79 Å². The molecule has 1 N–H and O–H groups in total. The van der Waals surface area contributed by atoms with Gasteiger partial charge in [0.15, 0.2) is 15.0 Å². The van der Waals surface area contributed by atoms with Crippen molar-refractivity contribution >= 4 is 44.0 Å². The minimum atomic E-state index is -3.25. The van der Waals surface area contributed by atoms with E-state index < -0.39 is 9.84 Å². The molecule has 2 heterocycles. The zero-order valence-electron chi connectivity index (χ0n) is 17.1. The molecule has 0 saturated heterocycles. The van der Waals surface area contributed by atoms with Crippen LogP contribution >= 0.6 is 23.1 Å². The number of benzene rings is 1. The van der Waals surface area contributed by atoms with E-state index in [1.165, 1.54) is 23.5 Å². The van der Waals surface area contributed by atoms with Crippen molar-refractivity contribution in [3.8, 4) is 0 Å². The summed E-state index contributed by atoms with van der Waals surface area (Å²) in [6.45, 7) is 6.22. The smallest absolute Gasteiger partial charge is 0.230 e. The van der Waals surface area contributed by atoms with Crippen LogP contribution in [-0.2, 0) is 32.2 Å². The molecule has 1 aromatic carbocycles. The van der Waals surface area contributed by atoms with Crippen molar-refractivity contribution in [2.75, 3.05) is 11.6 Å². The highest BCUT2D eigenvalue weighted by molar-refractivity contribution is 8.00. The number of rotatable bonds is 7. The number of anilines is 1. The van der Waals surface area contributed by atoms with E-state index >= 15 is 0 Å². The lowest BCUT2D eigenvalue weighted by molar-refractivity contribution is -0.115. The minimum Gasteiger partial charge on any atom is -0.444 e. The van der Waals surface area contributed by atoms with Gasteiger partial charge >= 0.3 is 0 Å². The van der Waals surface area contributed by atoms with Crippen LogP contribution in [-0.4, -0.2) is 30.5 Å². The Kier molecular flexibility index (Phi) is 6.68. The second-order valence-electron chi connectivity index (χ2n) is 7.78. The number of nitrogens with zero attached hydrogens (tertiary/aromatic N) is 2. The average Bonchev–Trinajstić information content (AvgIpc) is 3.28. The molecule has 0 bridgehead atoms. The van der Waals surface area contributed by atoms with Gasteiger partial charge in [0.25, 0.3) is 0 Å². The molecule has 0 unspecified atom stereocenters. The first kappa shape index (κ1) is 22.5. The molecule has 3 rings (SSSR count). The van der Waals surface area contributed by atoms with E-state index in [4.69, 9.17) is 4.42 Å². The van der Waals surface area contributed by atoms with Crippen molar-refractivity contribution in [2.24, 2.45) is 0 Å². The Morgan fingerprint density at radius 2 is 1.87 bits per heavy atom.